The Bertz CT molecular complexity index is 161. The van der Waals surface area contributed by atoms with Gasteiger partial charge in [-0.1, -0.05) is 0 Å². The van der Waals surface area contributed by atoms with Crippen molar-refractivity contribution in [1.82, 2.24) is 0 Å². The van der Waals surface area contributed by atoms with Gasteiger partial charge in [0.15, 0.2) is 0 Å². The summed E-state index contributed by atoms with van der Waals surface area (Å²) in [5.74, 6) is 0. The Morgan fingerprint density at radius 3 is 2.36 bits per heavy atom. The Morgan fingerprint density at radius 1 is 1.21 bits per heavy atom. The minimum atomic E-state index is -0.848. The Balaban J connectivity index is 3.38. The van der Waals surface area contributed by atoms with Crippen LogP contribution < -0.4 is 0 Å². The predicted octanol–water partition coefficient (Wildman–Crippen LogP) is 1.91. The molecule has 0 saturated carbocycles. The molecule has 0 fully saturated rings. The van der Waals surface area contributed by atoms with Crippen LogP contribution in [0.15, 0.2) is 0 Å². The van der Waals surface area contributed by atoms with Gasteiger partial charge in [0.05, 0.1) is 6.61 Å². The van der Waals surface area contributed by atoms with Gasteiger partial charge in [-0.05, 0) is 27.7 Å². The van der Waals surface area contributed by atoms with Gasteiger partial charge in [0, 0.05) is 6.61 Å². The van der Waals surface area contributed by atoms with Crippen LogP contribution in [-0.4, -0.2) is 31.6 Å². The molecule has 0 atom stereocenters. The maximum atomic E-state index is 10.8. The van der Waals surface area contributed by atoms with Crippen molar-refractivity contribution in [3.05, 3.63) is 0 Å². The molecule has 0 spiro atoms. The lowest BCUT2D eigenvalue weighted by Gasteiger charge is -2.16. The Morgan fingerprint density at radius 2 is 1.86 bits per heavy atom. The number of hydrogen-bond donors (Lipinski definition) is 0. The molecular weight excluding hydrogens is 188 g/mol. The average Bonchev–Trinajstić information content (AvgIpc) is 2.08. The molecule has 0 aliphatic carbocycles. The molecule has 0 amide bonds. The zero-order valence-corrected chi connectivity index (χ0v) is 9.16. The number of ether oxygens (including phenoxy) is 2. The van der Waals surface area contributed by atoms with Crippen molar-refractivity contribution in [3.63, 3.8) is 0 Å². The second-order valence-corrected chi connectivity index (χ2v) is 3.57. The molecule has 0 saturated heterocycles. The highest BCUT2D eigenvalue weighted by Crippen LogP contribution is 2.07. The van der Waals surface area contributed by atoms with Crippen LogP contribution in [0, 0.1) is 0 Å². The van der Waals surface area contributed by atoms with Crippen LogP contribution >= 0.6 is 0 Å². The van der Waals surface area contributed by atoms with Crippen molar-refractivity contribution in [3.8, 4) is 0 Å². The maximum Gasteiger partial charge on any atom is 0.540 e. The summed E-state index contributed by atoms with van der Waals surface area (Å²) >= 11 is 0. The van der Waals surface area contributed by atoms with Gasteiger partial charge in [0.2, 0.25) is 0 Å². The van der Waals surface area contributed by atoms with E-state index in [1.54, 1.807) is 20.8 Å². The van der Waals surface area contributed by atoms with Crippen LogP contribution in [0.2, 0.25) is 0 Å². The highest BCUT2D eigenvalue weighted by molar-refractivity contribution is 5.58. The van der Waals surface area contributed by atoms with Gasteiger partial charge in [0.1, 0.15) is 12.2 Å². The van der Waals surface area contributed by atoms with Gasteiger partial charge in [-0.3, -0.25) is 4.89 Å². The molecule has 0 radical (unpaired) electrons. The SMILES string of the molecule is CCOCCOC(=O)OOC(C)(C)C. The summed E-state index contributed by atoms with van der Waals surface area (Å²) in [5, 5.41) is 0. The third-order valence-electron chi connectivity index (χ3n) is 1.01. The third kappa shape index (κ3) is 9.28. The van der Waals surface area contributed by atoms with E-state index in [4.69, 9.17) is 9.62 Å². The van der Waals surface area contributed by atoms with E-state index in [2.05, 4.69) is 9.62 Å². The van der Waals surface area contributed by atoms with Crippen molar-refractivity contribution in [2.75, 3.05) is 19.8 Å². The van der Waals surface area contributed by atoms with Gasteiger partial charge in [-0.25, -0.2) is 4.79 Å². The molecule has 0 aromatic rings. The lowest BCUT2D eigenvalue weighted by Crippen LogP contribution is -2.23. The largest absolute Gasteiger partial charge is 0.540 e. The van der Waals surface area contributed by atoms with Gasteiger partial charge >= 0.3 is 6.16 Å². The minimum Gasteiger partial charge on any atom is -0.430 e. The highest BCUT2D eigenvalue weighted by Gasteiger charge is 2.15. The van der Waals surface area contributed by atoms with E-state index >= 15 is 0 Å². The van der Waals surface area contributed by atoms with E-state index in [-0.39, 0.29) is 6.61 Å². The van der Waals surface area contributed by atoms with E-state index in [0.717, 1.165) is 0 Å². The second-order valence-electron chi connectivity index (χ2n) is 3.57. The highest BCUT2D eigenvalue weighted by atomic mass is 17.2. The molecule has 84 valence electrons. The molecule has 0 aromatic heterocycles. The van der Waals surface area contributed by atoms with E-state index in [9.17, 15) is 4.79 Å². The first kappa shape index (κ1) is 13.2. The van der Waals surface area contributed by atoms with Gasteiger partial charge in [0.25, 0.3) is 0 Å². The summed E-state index contributed by atoms with van der Waals surface area (Å²) in [4.78, 5) is 19.9. The second kappa shape index (κ2) is 6.62. The molecule has 14 heavy (non-hydrogen) atoms. The fourth-order valence-electron chi connectivity index (χ4n) is 0.511. The first-order valence-corrected chi connectivity index (χ1v) is 4.56. The van der Waals surface area contributed by atoms with Crippen LogP contribution in [0.25, 0.3) is 0 Å². The van der Waals surface area contributed by atoms with Crippen LogP contribution in [0.5, 0.6) is 0 Å². The molecule has 0 aliphatic rings. The molecular formula is C9H18O5. The topological polar surface area (TPSA) is 54.0 Å². The first-order chi connectivity index (χ1) is 6.45. The lowest BCUT2D eigenvalue weighted by atomic mass is 10.2. The molecule has 0 aliphatic heterocycles. The average molecular weight is 206 g/mol. The molecule has 0 heterocycles. The lowest BCUT2D eigenvalue weighted by molar-refractivity contribution is -0.312. The molecule has 5 nitrogen and oxygen atoms in total. The minimum absolute atomic E-state index is 0.167. The van der Waals surface area contributed by atoms with Crippen molar-refractivity contribution in [2.24, 2.45) is 0 Å². The fraction of sp³-hybridized carbons (Fsp3) is 0.889. The van der Waals surface area contributed by atoms with Crippen molar-refractivity contribution in [1.29, 1.82) is 0 Å². The van der Waals surface area contributed by atoms with Gasteiger partial charge < -0.3 is 9.47 Å². The number of carbonyl (C=O) groups is 1. The predicted molar refractivity (Wildman–Crippen MR) is 49.8 cm³/mol. The summed E-state index contributed by atoms with van der Waals surface area (Å²) in [6.45, 7) is 8.28. The van der Waals surface area contributed by atoms with Gasteiger partial charge in [-0.15, -0.1) is 0 Å². The molecule has 0 N–H and O–H groups in total. The maximum absolute atomic E-state index is 10.8. The van der Waals surface area contributed by atoms with E-state index < -0.39 is 11.8 Å². The third-order valence-corrected chi connectivity index (χ3v) is 1.01. The molecule has 5 heteroatoms. The Kier molecular flexibility index (Phi) is 6.23. The summed E-state index contributed by atoms with van der Waals surface area (Å²) < 4.78 is 9.58. The molecule has 0 rings (SSSR count). The molecule has 0 aromatic carbocycles. The zero-order valence-electron chi connectivity index (χ0n) is 9.16. The Hall–Kier alpha value is -0.810. The van der Waals surface area contributed by atoms with Gasteiger partial charge in [-0.2, -0.15) is 4.89 Å². The van der Waals surface area contributed by atoms with Crippen LogP contribution in [-0.2, 0) is 19.2 Å². The number of carbonyl (C=O) groups excluding carboxylic acids is 1. The summed E-state index contributed by atoms with van der Waals surface area (Å²) in [7, 11) is 0. The quantitative estimate of drug-likeness (QED) is 0.297. The summed E-state index contributed by atoms with van der Waals surface area (Å²) in [5.41, 5.74) is -0.529. The van der Waals surface area contributed by atoms with Crippen molar-refractivity contribution in [2.45, 2.75) is 33.3 Å². The van der Waals surface area contributed by atoms with Crippen LogP contribution in [0.4, 0.5) is 4.79 Å². The van der Waals surface area contributed by atoms with E-state index in [0.29, 0.717) is 13.2 Å². The summed E-state index contributed by atoms with van der Waals surface area (Å²) in [6, 6.07) is 0. The normalized spacial score (nSPS) is 11.1. The van der Waals surface area contributed by atoms with E-state index in [1.165, 1.54) is 0 Å². The van der Waals surface area contributed by atoms with E-state index in [1.807, 2.05) is 6.92 Å². The Labute approximate surface area is 84.2 Å². The fourth-order valence-corrected chi connectivity index (χ4v) is 0.511. The van der Waals surface area contributed by atoms with Crippen LogP contribution in [0.1, 0.15) is 27.7 Å². The zero-order chi connectivity index (χ0) is 11.0. The molecule has 0 bridgehead atoms. The monoisotopic (exact) mass is 206 g/mol. The molecule has 0 unspecified atom stereocenters. The number of hydrogen-bond acceptors (Lipinski definition) is 5. The van der Waals surface area contributed by atoms with Crippen LogP contribution in [0.3, 0.4) is 0 Å². The number of rotatable bonds is 5. The smallest absolute Gasteiger partial charge is 0.430 e. The summed E-state index contributed by atoms with van der Waals surface area (Å²) in [6.07, 6.45) is -0.848. The first-order valence-electron chi connectivity index (χ1n) is 4.56. The standard InChI is InChI=1S/C9H18O5/c1-5-11-6-7-12-8(10)13-14-9(2,3)4/h5-7H2,1-4H3. The van der Waals surface area contributed by atoms with Crippen molar-refractivity contribution < 1.29 is 24.0 Å². The van der Waals surface area contributed by atoms with Crippen molar-refractivity contribution >= 4 is 6.16 Å².